The van der Waals surface area contributed by atoms with Crippen LogP contribution >= 0.6 is 0 Å². The van der Waals surface area contributed by atoms with Gasteiger partial charge in [-0.25, -0.2) is 0 Å². The Morgan fingerprint density at radius 2 is 2.00 bits per heavy atom. The van der Waals surface area contributed by atoms with Crippen molar-refractivity contribution in [2.24, 2.45) is 5.41 Å². The Hall–Kier alpha value is -0.610. The number of carboxylic acid groups (broad SMARTS) is 1. The zero-order valence-electron chi connectivity index (χ0n) is 8.08. The standard InChI is InChI=1S/C9H16O4/c1-12-8(13-2)9(4-3-5-9)6-7(10)11/h8H,3-6H2,1-2H3,(H,10,11). The molecule has 0 aromatic rings. The lowest BCUT2D eigenvalue weighted by Crippen LogP contribution is -2.45. The predicted molar refractivity (Wildman–Crippen MR) is 46.3 cm³/mol. The summed E-state index contributed by atoms with van der Waals surface area (Å²) in [5, 5.41) is 8.74. The van der Waals surface area contributed by atoms with Gasteiger partial charge in [0.15, 0.2) is 6.29 Å². The van der Waals surface area contributed by atoms with E-state index in [-0.39, 0.29) is 18.1 Å². The number of methoxy groups -OCH3 is 2. The molecule has 0 aliphatic heterocycles. The molecule has 76 valence electrons. The highest BCUT2D eigenvalue weighted by Gasteiger charge is 2.46. The molecule has 1 saturated carbocycles. The Morgan fingerprint density at radius 3 is 2.23 bits per heavy atom. The van der Waals surface area contributed by atoms with Gasteiger partial charge in [0.25, 0.3) is 0 Å². The van der Waals surface area contributed by atoms with Crippen molar-refractivity contribution in [1.82, 2.24) is 0 Å². The van der Waals surface area contributed by atoms with Crippen molar-refractivity contribution in [3.05, 3.63) is 0 Å². The molecule has 0 bridgehead atoms. The van der Waals surface area contributed by atoms with Crippen LogP contribution in [0.2, 0.25) is 0 Å². The van der Waals surface area contributed by atoms with E-state index in [9.17, 15) is 4.79 Å². The molecule has 1 fully saturated rings. The largest absolute Gasteiger partial charge is 0.481 e. The van der Waals surface area contributed by atoms with Crippen LogP contribution in [0.5, 0.6) is 0 Å². The first-order valence-electron chi connectivity index (χ1n) is 4.42. The van der Waals surface area contributed by atoms with E-state index < -0.39 is 5.97 Å². The summed E-state index contributed by atoms with van der Waals surface area (Å²) in [5.74, 6) is -0.779. The first-order chi connectivity index (χ1) is 6.14. The van der Waals surface area contributed by atoms with Crippen molar-refractivity contribution in [3.63, 3.8) is 0 Å². The molecular weight excluding hydrogens is 172 g/mol. The van der Waals surface area contributed by atoms with E-state index in [1.165, 1.54) is 0 Å². The van der Waals surface area contributed by atoms with E-state index >= 15 is 0 Å². The summed E-state index contributed by atoms with van der Waals surface area (Å²) < 4.78 is 10.2. The molecule has 0 amide bonds. The molecule has 1 aliphatic carbocycles. The SMILES string of the molecule is COC(OC)C1(CC(=O)O)CCC1. The van der Waals surface area contributed by atoms with E-state index in [1.54, 1.807) is 14.2 Å². The number of aliphatic carboxylic acids is 1. The van der Waals surface area contributed by atoms with Crippen molar-refractivity contribution >= 4 is 5.97 Å². The van der Waals surface area contributed by atoms with Gasteiger partial charge in [-0.05, 0) is 12.8 Å². The van der Waals surface area contributed by atoms with Gasteiger partial charge in [-0.3, -0.25) is 4.79 Å². The van der Waals surface area contributed by atoms with Crippen LogP contribution < -0.4 is 0 Å². The third kappa shape index (κ3) is 2.00. The minimum atomic E-state index is -0.779. The summed E-state index contributed by atoms with van der Waals surface area (Å²) in [6.45, 7) is 0. The highest BCUT2D eigenvalue weighted by atomic mass is 16.7. The van der Waals surface area contributed by atoms with Crippen LogP contribution in [-0.4, -0.2) is 31.6 Å². The number of carboxylic acids is 1. The zero-order valence-corrected chi connectivity index (χ0v) is 8.08. The second-order valence-corrected chi connectivity index (χ2v) is 3.59. The van der Waals surface area contributed by atoms with Crippen LogP contribution in [0, 0.1) is 5.41 Å². The molecule has 0 aromatic carbocycles. The molecule has 0 saturated heterocycles. The van der Waals surface area contributed by atoms with Crippen molar-refractivity contribution < 1.29 is 19.4 Å². The molecule has 4 nitrogen and oxygen atoms in total. The second-order valence-electron chi connectivity index (χ2n) is 3.59. The number of ether oxygens (including phenoxy) is 2. The van der Waals surface area contributed by atoms with Gasteiger partial charge in [-0.1, -0.05) is 6.42 Å². The monoisotopic (exact) mass is 188 g/mol. The molecule has 0 radical (unpaired) electrons. The average Bonchev–Trinajstić information content (AvgIpc) is 2.01. The normalized spacial score (nSPS) is 19.9. The van der Waals surface area contributed by atoms with E-state index in [0.29, 0.717) is 0 Å². The van der Waals surface area contributed by atoms with Gasteiger partial charge in [0.2, 0.25) is 0 Å². The van der Waals surface area contributed by atoms with Gasteiger partial charge in [-0.15, -0.1) is 0 Å². The van der Waals surface area contributed by atoms with Gasteiger partial charge in [0.1, 0.15) is 0 Å². The third-order valence-electron chi connectivity index (χ3n) is 2.78. The fourth-order valence-corrected chi connectivity index (χ4v) is 2.02. The summed E-state index contributed by atoms with van der Waals surface area (Å²) in [6, 6.07) is 0. The van der Waals surface area contributed by atoms with Gasteiger partial charge in [-0.2, -0.15) is 0 Å². The Morgan fingerprint density at radius 1 is 1.46 bits per heavy atom. The summed E-state index contributed by atoms with van der Waals surface area (Å²) >= 11 is 0. The van der Waals surface area contributed by atoms with Crippen molar-refractivity contribution in [2.45, 2.75) is 32.0 Å². The molecule has 0 atom stereocenters. The number of hydrogen-bond acceptors (Lipinski definition) is 3. The summed E-state index contributed by atoms with van der Waals surface area (Å²) in [5.41, 5.74) is -0.282. The molecule has 13 heavy (non-hydrogen) atoms. The Kier molecular flexibility index (Phi) is 3.27. The summed E-state index contributed by atoms with van der Waals surface area (Å²) in [4.78, 5) is 10.6. The predicted octanol–water partition coefficient (Wildman–Crippen LogP) is 1.25. The topological polar surface area (TPSA) is 55.8 Å². The van der Waals surface area contributed by atoms with Crippen LogP contribution in [0.1, 0.15) is 25.7 Å². The van der Waals surface area contributed by atoms with Gasteiger partial charge in [0, 0.05) is 19.6 Å². The lowest BCUT2D eigenvalue weighted by atomic mass is 9.66. The molecule has 1 aliphatic rings. The zero-order chi connectivity index (χ0) is 9.90. The van der Waals surface area contributed by atoms with Gasteiger partial charge in [0.05, 0.1) is 6.42 Å². The Balaban J connectivity index is 2.61. The van der Waals surface area contributed by atoms with Crippen LogP contribution in [0.25, 0.3) is 0 Å². The average molecular weight is 188 g/mol. The molecule has 1 N–H and O–H groups in total. The Labute approximate surface area is 77.8 Å². The Bertz CT molecular complexity index is 182. The number of carbonyl (C=O) groups is 1. The first-order valence-corrected chi connectivity index (χ1v) is 4.42. The minimum absolute atomic E-state index is 0.138. The fourth-order valence-electron chi connectivity index (χ4n) is 2.02. The highest BCUT2D eigenvalue weighted by Crippen LogP contribution is 2.48. The van der Waals surface area contributed by atoms with Crippen molar-refractivity contribution in [3.8, 4) is 0 Å². The van der Waals surface area contributed by atoms with Gasteiger partial charge >= 0.3 is 5.97 Å². The molecular formula is C9H16O4. The summed E-state index contributed by atoms with van der Waals surface area (Å²) in [7, 11) is 3.10. The van der Waals surface area contributed by atoms with E-state index in [0.717, 1.165) is 19.3 Å². The fraction of sp³-hybridized carbons (Fsp3) is 0.889. The second kappa shape index (κ2) is 4.07. The molecule has 4 heteroatoms. The lowest BCUT2D eigenvalue weighted by molar-refractivity contribution is -0.209. The van der Waals surface area contributed by atoms with E-state index in [1.807, 2.05) is 0 Å². The van der Waals surface area contributed by atoms with Crippen LogP contribution in [0.3, 0.4) is 0 Å². The molecule has 0 heterocycles. The van der Waals surface area contributed by atoms with Crippen LogP contribution in [0.15, 0.2) is 0 Å². The van der Waals surface area contributed by atoms with E-state index in [4.69, 9.17) is 14.6 Å². The maximum atomic E-state index is 10.6. The molecule has 0 unspecified atom stereocenters. The van der Waals surface area contributed by atoms with E-state index in [2.05, 4.69) is 0 Å². The van der Waals surface area contributed by atoms with Crippen LogP contribution in [0.4, 0.5) is 0 Å². The maximum absolute atomic E-state index is 10.6. The van der Waals surface area contributed by atoms with Crippen molar-refractivity contribution in [2.75, 3.05) is 14.2 Å². The smallest absolute Gasteiger partial charge is 0.304 e. The highest BCUT2D eigenvalue weighted by molar-refractivity contribution is 5.68. The third-order valence-corrected chi connectivity index (χ3v) is 2.78. The first kappa shape index (κ1) is 10.5. The lowest BCUT2D eigenvalue weighted by Gasteiger charge is -2.44. The molecule has 0 spiro atoms. The number of rotatable bonds is 5. The molecule has 1 rings (SSSR count). The summed E-state index contributed by atoms with van der Waals surface area (Å²) in [6.07, 6.45) is 2.59. The number of hydrogen-bond donors (Lipinski definition) is 1. The van der Waals surface area contributed by atoms with Crippen molar-refractivity contribution in [1.29, 1.82) is 0 Å². The maximum Gasteiger partial charge on any atom is 0.304 e. The molecule has 0 aromatic heterocycles. The van der Waals surface area contributed by atoms with Gasteiger partial charge < -0.3 is 14.6 Å². The minimum Gasteiger partial charge on any atom is -0.481 e. The van der Waals surface area contributed by atoms with Crippen LogP contribution in [-0.2, 0) is 14.3 Å². The quantitative estimate of drug-likeness (QED) is 0.660.